The first-order chi connectivity index (χ1) is 19.8. The number of piperidine rings is 1. The third-order valence-electron chi connectivity index (χ3n) is 6.87. The number of hydrogen-bond acceptors (Lipinski definition) is 7. The summed E-state index contributed by atoms with van der Waals surface area (Å²) in [5, 5.41) is 6.22. The standard InChI is InChI=1S/C29H30BrClF2N4O4/c30-18-12-24(33)29(25(13-18)34-15-22-8-11-39-22)36-27(38)16-37-9-6-21(7-10-37)41-28-3-1-2-20(35-28)17-40-26-5-4-19(31)14-23(26)32/h1-5,12-14,21-22,34H,6-11,15-17H2,(H,36,38). The van der Waals surface area contributed by atoms with Crippen LogP contribution < -0.4 is 20.1 Å². The number of carbonyl (C=O) groups excluding carboxylic acids is 1. The molecule has 41 heavy (non-hydrogen) atoms. The zero-order chi connectivity index (χ0) is 28.8. The number of hydrogen-bond donors (Lipinski definition) is 2. The lowest BCUT2D eigenvalue weighted by atomic mass is 10.1. The molecule has 1 unspecified atom stereocenters. The molecule has 5 rings (SSSR count). The van der Waals surface area contributed by atoms with Crippen LogP contribution in [-0.2, 0) is 16.1 Å². The number of carbonyl (C=O) groups is 1. The molecular weight excluding hydrogens is 622 g/mol. The molecule has 0 spiro atoms. The fourth-order valence-electron chi connectivity index (χ4n) is 4.59. The molecule has 3 heterocycles. The van der Waals surface area contributed by atoms with E-state index in [1.54, 1.807) is 24.3 Å². The molecule has 0 bridgehead atoms. The first-order valence-electron chi connectivity index (χ1n) is 13.4. The number of pyridine rings is 1. The molecule has 2 aliphatic heterocycles. The molecule has 1 aromatic heterocycles. The van der Waals surface area contributed by atoms with Gasteiger partial charge in [0.15, 0.2) is 11.6 Å². The lowest BCUT2D eigenvalue weighted by molar-refractivity contribution is -0.117. The molecule has 218 valence electrons. The molecule has 1 atom stereocenters. The number of rotatable bonds is 11. The van der Waals surface area contributed by atoms with Gasteiger partial charge in [-0.15, -0.1) is 0 Å². The molecule has 1 amide bonds. The average molecular weight is 652 g/mol. The maximum atomic E-state index is 14.7. The van der Waals surface area contributed by atoms with Gasteiger partial charge in [0, 0.05) is 41.8 Å². The van der Waals surface area contributed by atoms with Gasteiger partial charge in [-0.2, -0.15) is 0 Å². The maximum absolute atomic E-state index is 14.7. The Kier molecular flexibility index (Phi) is 9.92. The van der Waals surface area contributed by atoms with Crippen molar-refractivity contribution >= 4 is 44.8 Å². The first kappa shape index (κ1) is 29.5. The topological polar surface area (TPSA) is 85.0 Å². The quantitative estimate of drug-likeness (QED) is 0.262. The van der Waals surface area contributed by atoms with Gasteiger partial charge < -0.3 is 24.8 Å². The molecule has 2 fully saturated rings. The van der Waals surface area contributed by atoms with Gasteiger partial charge in [-0.1, -0.05) is 33.6 Å². The lowest BCUT2D eigenvalue weighted by Gasteiger charge is -2.31. The van der Waals surface area contributed by atoms with Crippen molar-refractivity contribution in [3.8, 4) is 11.6 Å². The van der Waals surface area contributed by atoms with E-state index in [4.69, 9.17) is 25.8 Å². The number of benzene rings is 2. The molecule has 8 nitrogen and oxygen atoms in total. The molecule has 3 aromatic rings. The Morgan fingerprint density at radius 3 is 2.66 bits per heavy atom. The Morgan fingerprint density at radius 1 is 1.12 bits per heavy atom. The molecule has 2 saturated heterocycles. The Labute approximate surface area is 250 Å². The highest BCUT2D eigenvalue weighted by Gasteiger charge is 2.24. The lowest BCUT2D eigenvalue weighted by Crippen LogP contribution is -2.42. The monoisotopic (exact) mass is 650 g/mol. The van der Waals surface area contributed by atoms with Crippen LogP contribution in [0.3, 0.4) is 0 Å². The number of ether oxygens (including phenoxy) is 3. The Bertz CT molecular complexity index is 1370. The second kappa shape index (κ2) is 13.8. The number of halogens is 4. The largest absolute Gasteiger partial charge is 0.484 e. The van der Waals surface area contributed by atoms with E-state index in [-0.39, 0.29) is 42.7 Å². The van der Waals surface area contributed by atoms with E-state index in [9.17, 15) is 13.6 Å². The van der Waals surface area contributed by atoms with Crippen LogP contribution in [0.4, 0.5) is 20.2 Å². The Morgan fingerprint density at radius 2 is 1.93 bits per heavy atom. The second-order valence-electron chi connectivity index (χ2n) is 9.94. The van der Waals surface area contributed by atoms with Crippen LogP contribution in [0, 0.1) is 11.6 Å². The summed E-state index contributed by atoms with van der Waals surface area (Å²) in [6.07, 6.45) is 2.37. The number of amides is 1. The third kappa shape index (κ3) is 8.28. The highest BCUT2D eigenvalue weighted by molar-refractivity contribution is 9.10. The minimum Gasteiger partial charge on any atom is -0.484 e. The predicted octanol–water partition coefficient (Wildman–Crippen LogP) is 6.04. The highest BCUT2D eigenvalue weighted by Crippen LogP contribution is 2.30. The zero-order valence-electron chi connectivity index (χ0n) is 22.2. The smallest absolute Gasteiger partial charge is 0.238 e. The van der Waals surface area contributed by atoms with Gasteiger partial charge in [0.05, 0.1) is 24.0 Å². The molecule has 12 heteroatoms. The minimum absolute atomic E-state index is 0.0693. The van der Waals surface area contributed by atoms with Crippen LogP contribution in [0.5, 0.6) is 11.6 Å². The van der Waals surface area contributed by atoms with Gasteiger partial charge in [-0.25, -0.2) is 13.8 Å². The zero-order valence-corrected chi connectivity index (χ0v) is 24.5. The minimum atomic E-state index is -0.538. The summed E-state index contributed by atoms with van der Waals surface area (Å²) >= 11 is 9.10. The van der Waals surface area contributed by atoms with Crippen molar-refractivity contribution in [2.45, 2.75) is 38.1 Å². The first-order valence-corrected chi connectivity index (χ1v) is 14.6. The molecule has 0 saturated carbocycles. The van der Waals surface area contributed by atoms with Crippen molar-refractivity contribution in [1.29, 1.82) is 0 Å². The van der Waals surface area contributed by atoms with Gasteiger partial charge in [-0.05, 0) is 55.7 Å². The van der Waals surface area contributed by atoms with Crippen LogP contribution in [0.1, 0.15) is 25.0 Å². The van der Waals surface area contributed by atoms with E-state index in [1.165, 1.54) is 18.2 Å². The number of nitrogens with one attached hydrogen (secondary N) is 2. The van der Waals surface area contributed by atoms with Crippen molar-refractivity contribution < 1.29 is 27.8 Å². The van der Waals surface area contributed by atoms with Gasteiger partial charge in [0.1, 0.15) is 24.2 Å². The van der Waals surface area contributed by atoms with E-state index >= 15 is 0 Å². The number of nitrogens with zero attached hydrogens (tertiary/aromatic N) is 2. The normalized spacial score (nSPS) is 17.5. The molecule has 0 aliphatic carbocycles. The summed E-state index contributed by atoms with van der Waals surface area (Å²) in [6, 6.07) is 12.6. The fourth-order valence-corrected chi connectivity index (χ4v) is 5.18. The number of likely N-dealkylation sites (tertiary alicyclic amines) is 1. The van der Waals surface area contributed by atoms with Crippen molar-refractivity contribution in [2.24, 2.45) is 0 Å². The van der Waals surface area contributed by atoms with E-state index in [2.05, 4.69) is 31.5 Å². The Balaban J connectivity index is 1.08. The molecule has 0 radical (unpaired) electrons. The highest BCUT2D eigenvalue weighted by atomic mass is 79.9. The van der Waals surface area contributed by atoms with Crippen molar-refractivity contribution in [1.82, 2.24) is 9.88 Å². The fraction of sp³-hybridized carbons (Fsp3) is 0.379. The van der Waals surface area contributed by atoms with E-state index in [0.29, 0.717) is 59.2 Å². The van der Waals surface area contributed by atoms with Crippen LogP contribution in [0.15, 0.2) is 53.0 Å². The summed E-state index contributed by atoms with van der Waals surface area (Å²) < 4.78 is 46.3. The van der Waals surface area contributed by atoms with Crippen molar-refractivity contribution in [3.63, 3.8) is 0 Å². The van der Waals surface area contributed by atoms with E-state index in [0.717, 1.165) is 13.0 Å². The van der Waals surface area contributed by atoms with Crippen molar-refractivity contribution in [2.75, 3.05) is 43.4 Å². The van der Waals surface area contributed by atoms with Gasteiger partial charge >= 0.3 is 0 Å². The predicted molar refractivity (Wildman–Crippen MR) is 156 cm³/mol. The molecular formula is C29H30BrClF2N4O4. The summed E-state index contributed by atoms with van der Waals surface area (Å²) in [5.74, 6) is -0.798. The van der Waals surface area contributed by atoms with Crippen LogP contribution in [0.2, 0.25) is 5.02 Å². The summed E-state index contributed by atoms with van der Waals surface area (Å²) in [5.41, 5.74) is 1.23. The Hall–Kier alpha value is -2.99. The number of aromatic nitrogens is 1. The average Bonchev–Trinajstić information content (AvgIpc) is 2.90. The molecule has 2 aromatic carbocycles. The summed E-state index contributed by atoms with van der Waals surface area (Å²) in [7, 11) is 0. The summed E-state index contributed by atoms with van der Waals surface area (Å²) in [4.78, 5) is 19.3. The van der Waals surface area contributed by atoms with E-state index in [1.807, 2.05) is 11.0 Å². The van der Waals surface area contributed by atoms with Gasteiger partial charge in [0.2, 0.25) is 11.8 Å². The SMILES string of the molecule is O=C(CN1CCC(Oc2cccc(COc3ccc(Cl)cc3F)n2)CC1)Nc1c(F)cc(Br)cc1NCC1CCO1. The van der Waals surface area contributed by atoms with Crippen LogP contribution in [0.25, 0.3) is 0 Å². The van der Waals surface area contributed by atoms with Crippen LogP contribution in [-0.4, -0.2) is 60.8 Å². The van der Waals surface area contributed by atoms with Gasteiger partial charge in [0.25, 0.3) is 0 Å². The van der Waals surface area contributed by atoms with Crippen molar-refractivity contribution in [3.05, 3.63) is 75.4 Å². The second-order valence-corrected chi connectivity index (χ2v) is 11.3. The van der Waals surface area contributed by atoms with Gasteiger partial charge in [-0.3, -0.25) is 9.69 Å². The third-order valence-corrected chi connectivity index (χ3v) is 7.57. The maximum Gasteiger partial charge on any atom is 0.238 e. The van der Waals surface area contributed by atoms with Crippen LogP contribution >= 0.6 is 27.5 Å². The number of anilines is 2. The molecule has 2 N–H and O–H groups in total. The molecule has 2 aliphatic rings. The van der Waals surface area contributed by atoms with E-state index < -0.39 is 11.6 Å². The summed E-state index contributed by atoms with van der Waals surface area (Å²) in [6.45, 7) is 2.77.